The number of fused-ring (bicyclic) bond motifs is 1. The van der Waals surface area contributed by atoms with Gasteiger partial charge in [-0.1, -0.05) is 28.7 Å². The van der Waals surface area contributed by atoms with Crippen LogP contribution >= 0.6 is 11.3 Å². The molecule has 1 aliphatic rings. The van der Waals surface area contributed by atoms with Crippen molar-refractivity contribution in [3.8, 4) is 0 Å². The first-order valence-corrected chi connectivity index (χ1v) is 8.48. The Balaban J connectivity index is 1.41. The Morgan fingerprint density at radius 1 is 1.25 bits per heavy atom. The van der Waals surface area contributed by atoms with Gasteiger partial charge in [0.1, 0.15) is 10.5 Å². The van der Waals surface area contributed by atoms with Crippen LogP contribution in [0.5, 0.6) is 0 Å². The second-order valence-corrected chi connectivity index (χ2v) is 6.66. The summed E-state index contributed by atoms with van der Waals surface area (Å²) < 4.78 is 1.21. The van der Waals surface area contributed by atoms with Gasteiger partial charge in [-0.3, -0.25) is 9.59 Å². The molecule has 122 valence electrons. The predicted molar refractivity (Wildman–Crippen MR) is 88.9 cm³/mol. The third kappa shape index (κ3) is 3.02. The van der Waals surface area contributed by atoms with Crippen molar-refractivity contribution in [2.75, 3.05) is 5.32 Å². The van der Waals surface area contributed by atoms with Crippen molar-refractivity contribution in [2.45, 2.75) is 31.7 Å². The molecule has 4 rings (SSSR count). The fourth-order valence-corrected chi connectivity index (χ4v) is 3.27. The highest BCUT2D eigenvalue weighted by molar-refractivity contribution is 7.15. The molecule has 1 aromatic carbocycles. The maximum atomic E-state index is 12.3. The van der Waals surface area contributed by atoms with E-state index < -0.39 is 0 Å². The number of rotatable bonds is 5. The number of hydrogen-bond acceptors (Lipinski definition) is 7. The molecule has 1 saturated carbocycles. The van der Waals surface area contributed by atoms with E-state index in [1.54, 1.807) is 24.3 Å². The molecule has 2 aromatic heterocycles. The second-order valence-electron chi connectivity index (χ2n) is 5.65. The van der Waals surface area contributed by atoms with Gasteiger partial charge in [0.25, 0.3) is 5.56 Å². The number of carbonyl (C=O) groups is 1. The Kier molecular flexibility index (Phi) is 3.77. The SMILES string of the molecule is O=C(CCn1nnc2ccccc2c1=O)Nc1nnc(C2CC2)s1. The molecular formula is C15H14N6O2S. The van der Waals surface area contributed by atoms with Crippen LogP contribution in [0.4, 0.5) is 5.13 Å². The maximum Gasteiger partial charge on any atom is 0.277 e. The van der Waals surface area contributed by atoms with Crippen LogP contribution in [0.25, 0.3) is 10.9 Å². The summed E-state index contributed by atoms with van der Waals surface area (Å²) in [6.45, 7) is 0.163. The van der Waals surface area contributed by atoms with Crippen LogP contribution in [0.15, 0.2) is 29.1 Å². The molecule has 0 radical (unpaired) electrons. The monoisotopic (exact) mass is 342 g/mol. The molecule has 3 aromatic rings. The Hall–Kier alpha value is -2.68. The Morgan fingerprint density at radius 3 is 2.92 bits per heavy atom. The van der Waals surface area contributed by atoms with Crippen molar-refractivity contribution in [3.05, 3.63) is 39.6 Å². The quantitative estimate of drug-likeness (QED) is 0.754. The zero-order valence-corrected chi connectivity index (χ0v) is 13.5. The summed E-state index contributed by atoms with van der Waals surface area (Å²) in [5, 5.41) is 20.6. The number of hydrogen-bond donors (Lipinski definition) is 1. The highest BCUT2D eigenvalue weighted by Crippen LogP contribution is 2.42. The Labute approximate surface area is 140 Å². The minimum atomic E-state index is -0.250. The number of nitrogens with zero attached hydrogens (tertiary/aromatic N) is 5. The van der Waals surface area contributed by atoms with Gasteiger partial charge in [-0.05, 0) is 25.0 Å². The molecule has 0 unspecified atom stereocenters. The van der Waals surface area contributed by atoms with Gasteiger partial charge in [-0.25, -0.2) is 4.68 Å². The third-order valence-corrected chi connectivity index (χ3v) is 4.79. The van der Waals surface area contributed by atoms with E-state index in [4.69, 9.17) is 0 Å². The standard InChI is InChI=1S/C15H14N6O2S/c22-12(16-15-19-18-13(24-15)9-5-6-9)7-8-21-14(23)10-3-1-2-4-11(10)17-20-21/h1-4,9H,5-8H2,(H,16,19,22). The second kappa shape index (κ2) is 6.08. The van der Waals surface area contributed by atoms with Gasteiger partial charge < -0.3 is 5.32 Å². The summed E-state index contributed by atoms with van der Waals surface area (Å²) in [4.78, 5) is 24.3. The number of amides is 1. The average Bonchev–Trinajstić information content (AvgIpc) is 3.34. The van der Waals surface area contributed by atoms with E-state index in [0.717, 1.165) is 17.8 Å². The molecule has 0 aliphatic heterocycles. The fraction of sp³-hybridized carbons (Fsp3) is 0.333. The van der Waals surface area contributed by atoms with E-state index in [2.05, 4.69) is 25.8 Å². The third-order valence-electron chi connectivity index (χ3n) is 3.79. The van der Waals surface area contributed by atoms with Crippen molar-refractivity contribution >= 4 is 33.3 Å². The molecular weight excluding hydrogens is 328 g/mol. The molecule has 0 bridgehead atoms. The van der Waals surface area contributed by atoms with Crippen LogP contribution < -0.4 is 10.9 Å². The average molecular weight is 342 g/mol. The predicted octanol–water partition coefficient (Wildman–Crippen LogP) is 1.55. The molecule has 1 N–H and O–H groups in total. The summed E-state index contributed by atoms with van der Waals surface area (Å²) in [7, 11) is 0. The van der Waals surface area contributed by atoms with Gasteiger partial charge >= 0.3 is 0 Å². The van der Waals surface area contributed by atoms with Crippen molar-refractivity contribution in [2.24, 2.45) is 0 Å². The van der Waals surface area contributed by atoms with E-state index in [9.17, 15) is 9.59 Å². The lowest BCUT2D eigenvalue weighted by Crippen LogP contribution is -2.26. The van der Waals surface area contributed by atoms with Crippen LogP contribution in [-0.4, -0.2) is 31.1 Å². The number of benzene rings is 1. The van der Waals surface area contributed by atoms with Gasteiger partial charge in [0, 0.05) is 12.3 Å². The largest absolute Gasteiger partial charge is 0.300 e. The van der Waals surface area contributed by atoms with Gasteiger partial charge in [-0.15, -0.1) is 15.3 Å². The summed E-state index contributed by atoms with van der Waals surface area (Å²) in [6, 6.07) is 7.00. The summed E-state index contributed by atoms with van der Waals surface area (Å²) >= 11 is 1.41. The van der Waals surface area contributed by atoms with Crippen LogP contribution in [-0.2, 0) is 11.3 Å². The molecule has 1 aliphatic carbocycles. The van der Waals surface area contributed by atoms with E-state index in [-0.39, 0.29) is 24.4 Å². The molecule has 1 amide bonds. The molecule has 0 saturated heterocycles. The van der Waals surface area contributed by atoms with Gasteiger partial charge in [0.2, 0.25) is 11.0 Å². The molecule has 1 fully saturated rings. The molecule has 8 nitrogen and oxygen atoms in total. The lowest BCUT2D eigenvalue weighted by molar-refractivity contribution is -0.116. The zero-order chi connectivity index (χ0) is 16.5. The van der Waals surface area contributed by atoms with Crippen LogP contribution in [0.3, 0.4) is 0 Å². The summed E-state index contributed by atoms with van der Waals surface area (Å²) in [6.07, 6.45) is 2.41. The first-order chi connectivity index (χ1) is 11.7. The van der Waals surface area contributed by atoms with Gasteiger partial charge in [-0.2, -0.15) is 0 Å². The number of anilines is 1. The normalized spacial score (nSPS) is 14.0. The van der Waals surface area contributed by atoms with Gasteiger partial charge in [0.15, 0.2) is 0 Å². The van der Waals surface area contributed by atoms with Gasteiger partial charge in [0.05, 0.1) is 11.9 Å². The first kappa shape index (κ1) is 14.9. The maximum absolute atomic E-state index is 12.3. The van der Waals surface area contributed by atoms with E-state index in [1.807, 2.05) is 0 Å². The lowest BCUT2D eigenvalue weighted by atomic mass is 10.2. The number of nitrogens with one attached hydrogen (secondary N) is 1. The van der Waals surface area contributed by atoms with E-state index in [1.165, 1.54) is 16.0 Å². The van der Waals surface area contributed by atoms with Crippen LogP contribution in [0.1, 0.15) is 30.2 Å². The Bertz CT molecular complexity index is 962. The highest BCUT2D eigenvalue weighted by atomic mass is 32.1. The molecule has 24 heavy (non-hydrogen) atoms. The zero-order valence-electron chi connectivity index (χ0n) is 12.7. The molecule has 0 spiro atoms. The number of aromatic nitrogens is 5. The minimum Gasteiger partial charge on any atom is -0.300 e. The highest BCUT2D eigenvalue weighted by Gasteiger charge is 2.27. The van der Waals surface area contributed by atoms with Crippen molar-refractivity contribution < 1.29 is 4.79 Å². The lowest BCUT2D eigenvalue weighted by Gasteiger charge is -2.04. The first-order valence-electron chi connectivity index (χ1n) is 7.66. The minimum absolute atomic E-state index is 0.116. The summed E-state index contributed by atoms with van der Waals surface area (Å²) in [5.74, 6) is 0.287. The van der Waals surface area contributed by atoms with Crippen LogP contribution in [0.2, 0.25) is 0 Å². The molecule has 9 heteroatoms. The fourth-order valence-electron chi connectivity index (χ4n) is 2.34. The van der Waals surface area contributed by atoms with E-state index >= 15 is 0 Å². The number of aryl methyl sites for hydroxylation is 1. The van der Waals surface area contributed by atoms with E-state index in [0.29, 0.717) is 22.0 Å². The smallest absolute Gasteiger partial charge is 0.277 e. The van der Waals surface area contributed by atoms with Crippen LogP contribution in [0, 0.1) is 0 Å². The van der Waals surface area contributed by atoms with Crippen molar-refractivity contribution in [3.63, 3.8) is 0 Å². The summed E-state index contributed by atoms with van der Waals surface area (Å²) in [5.41, 5.74) is 0.296. The van der Waals surface area contributed by atoms with Crippen molar-refractivity contribution in [1.29, 1.82) is 0 Å². The van der Waals surface area contributed by atoms with Crippen molar-refractivity contribution in [1.82, 2.24) is 25.2 Å². The Morgan fingerprint density at radius 2 is 2.08 bits per heavy atom. The molecule has 2 heterocycles. The topological polar surface area (TPSA) is 103 Å². The molecule has 0 atom stereocenters. The number of carbonyl (C=O) groups excluding carboxylic acids is 1.